The van der Waals surface area contributed by atoms with E-state index >= 15 is 0 Å². The molecule has 2 rings (SSSR count). The van der Waals surface area contributed by atoms with Gasteiger partial charge in [-0.25, -0.2) is 8.42 Å². The molecule has 8 nitrogen and oxygen atoms in total. The average molecular weight is 365 g/mol. The minimum Gasteiger partial charge on any atom is -0.480 e. The zero-order valence-corrected chi connectivity index (χ0v) is 14.5. The van der Waals surface area contributed by atoms with E-state index < -0.39 is 15.8 Å². The topological polar surface area (TPSA) is 118 Å². The molecule has 0 bridgehead atoms. The first-order valence-corrected chi connectivity index (χ1v) is 9.32. The van der Waals surface area contributed by atoms with Crippen molar-refractivity contribution in [2.45, 2.75) is 31.2 Å². The van der Waals surface area contributed by atoms with Gasteiger partial charge in [-0.1, -0.05) is 19.1 Å². The lowest BCUT2D eigenvalue weighted by molar-refractivity contribution is -0.137. The Balaban J connectivity index is 1.87. The third kappa shape index (κ3) is 5.42. The highest BCUT2D eigenvalue weighted by Gasteiger charge is 2.11. The summed E-state index contributed by atoms with van der Waals surface area (Å²) in [4.78, 5) is 22.8. The lowest BCUT2D eigenvalue weighted by Crippen LogP contribution is -2.14. The van der Waals surface area contributed by atoms with Crippen molar-refractivity contribution in [1.29, 1.82) is 0 Å². The van der Waals surface area contributed by atoms with Crippen molar-refractivity contribution in [2.24, 2.45) is 0 Å². The molecule has 1 heterocycles. The highest BCUT2D eigenvalue weighted by Crippen LogP contribution is 2.13. The first-order valence-electron chi connectivity index (χ1n) is 7.67. The SMILES string of the molecule is CCS(=O)(=O)c1ccc(CCC(=O)Nc2ccn(CC(=O)O)n2)cc1. The molecular formula is C16H19N3O5S. The number of benzene rings is 1. The Kier molecular flexibility index (Phi) is 5.92. The van der Waals surface area contributed by atoms with Crippen molar-refractivity contribution in [3.05, 3.63) is 42.1 Å². The fourth-order valence-corrected chi connectivity index (χ4v) is 3.03. The van der Waals surface area contributed by atoms with Crippen LogP contribution < -0.4 is 5.32 Å². The zero-order chi connectivity index (χ0) is 18.4. The number of carbonyl (C=O) groups is 2. The van der Waals surface area contributed by atoms with Crippen LogP contribution in [0.2, 0.25) is 0 Å². The number of hydrogen-bond donors (Lipinski definition) is 2. The second-order valence-corrected chi connectivity index (χ2v) is 7.67. The molecule has 0 aliphatic heterocycles. The summed E-state index contributed by atoms with van der Waals surface area (Å²) in [5, 5.41) is 15.2. The smallest absolute Gasteiger partial charge is 0.325 e. The van der Waals surface area contributed by atoms with E-state index in [9.17, 15) is 18.0 Å². The van der Waals surface area contributed by atoms with Crippen LogP contribution in [-0.2, 0) is 32.4 Å². The van der Waals surface area contributed by atoms with Crippen LogP contribution in [0, 0.1) is 0 Å². The summed E-state index contributed by atoms with van der Waals surface area (Å²) < 4.78 is 24.7. The van der Waals surface area contributed by atoms with Gasteiger partial charge in [-0.2, -0.15) is 5.10 Å². The van der Waals surface area contributed by atoms with Gasteiger partial charge in [-0.15, -0.1) is 0 Å². The molecule has 1 aromatic heterocycles. The van der Waals surface area contributed by atoms with Gasteiger partial charge in [0.1, 0.15) is 6.54 Å². The molecule has 2 N–H and O–H groups in total. The molecule has 25 heavy (non-hydrogen) atoms. The Morgan fingerprint density at radius 2 is 1.88 bits per heavy atom. The van der Waals surface area contributed by atoms with Gasteiger partial charge in [-0.3, -0.25) is 14.3 Å². The van der Waals surface area contributed by atoms with Crippen LogP contribution in [0.5, 0.6) is 0 Å². The predicted molar refractivity (Wildman–Crippen MR) is 91.0 cm³/mol. The molecule has 0 spiro atoms. The third-order valence-electron chi connectivity index (χ3n) is 3.51. The second-order valence-electron chi connectivity index (χ2n) is 5.39. The second kappa shape index (κ2) is 7.93. The van der Waals surface area contributed by atoms with Crippen LogP contribution in [0.1, 0.15) is 18.9 Å². The van der Waals surface area contributed by atoms with Gasteiger partial charge in [-0.05, 0) is 24.1 Å². The van der Waals surface area contributed by atoms with E-state index in [0.717, 1.165) is 5.56 Å². The molecule has 0 saturated carbocycles. The number of aromatic nitrogens is 2. The van der Waals surface area contributed by atoms with Crippen molar-refractivity contribution < 1.29 is 23.1 Å². The number of hydrogen-bond acceptors (Lipinski definition) is 5. The molecule has 0 aliphatic rings. The lowest BCUT2D eigenvalue weighted by atomic mass is 10.1. The number of nitrogens with one attached hydrogen (secondary N) is 1. The van der Waals surface area contributed by atoms with Crippen LogP contribution >= 0.6 is 0 Å². The molecule has 0 atom stereocenters. The normalized spacial score (nSPS) is 11.2. The molecule has 0 radical (unpaired) electrons. The summed E-state index contributed by atoms with van der Waals surface area (Å²) in [6, 6.07) is 7.99. The monoisotopic (exact) mass is 365 g/mol. The maximum Gasteiger partial charge on any atom is 0.325 e. The first-order chi connectivity index (χ1) is 11.8. The van der Waals surface area contributed by atoms with E-state index in [0.29, 0.717) is 6.42 Å². The fraction of sp³-hybridized carbons (Fsp3) is 0.312. The Morgan fingerprint density at radius 1 is 1.20 bits per heavy atom. The summed E-state index contributed by atoms with van der Waals surface area (Å²) in [5.41, 5.74) is 0.849. The van der Waals surface area contributed by atoms with Crippen LogP contribution in [0.4, 0.5) is 5.82 Å². The van der Waals surface area contributed by atoms with Gasteiger partial charge in [0.25, 0.3) is 0 Å². The van der Waals surface area contributed by atoms with E-state index in [-0.39, 0.29) is 35.3 Å². The van der Waals surface area contributed by atoms with Gasteiger partial charge in [0.15, 0.2) is 15.7 Å². The van der Waals surface area contributed by atoms with Crippen molar-refractivity contribution in [2.75, 3.05) is 11.1 Å². The lowest BCUT2D eigenvalue weighted by Gasteiger charge is -2.05. The third-order valence-corrected chi connectivity index (χ3v) is 5.26. The van der Waals surface area contributed by atoms with E-state index in [2.05, 4.69) is 10.4 Å². The largest absolute Gasteiger partial charge is 0.480 e. The molecular weight excluding hydrogens is 346 g/mol. The number of carboxylic acids is 1. The predicted octanol–water partition coefficient (Wildman–Crippen LogP) is 1.33. The minimum absolute atomic E-state index is 0.0449. The maximum atomic E-state index is 11.9. The molecule has 1 amide bonds. The summed E-state index contributed by atoms with van der Waals surface area (Å²) in [6.45, 7) is 1.31. The van der Waals surface area contributed by atoms with Gasteiger partial charge in [0.2, 0.25) is 5.91 Å². The van der Waals surface area contributed by atoms with Crippen molar-refractivity contribution in [3.63, 3.8) is 0 Å². The quantitative estimate of drug-likeness (QED) is 0.728. The highest BCUT2D eigenvalue weighted by atomic mass is 32.2. The average Bonchev–Trinajstić information content (AvgIpc) is 2.99. The molecule has 134 valence electrons. The minimum atomic E-state index is -3.22. The summed E-state index contributed by atoms with van der Waals surface area (Å²) in [5.74, 6) is -0.945. The van der Waals surface area contributed by atoms with Gasteiger partial charge in [0.05, 0.1) is 10.6 Å². The van der Waals surface area contributed by atoms with Crippen molar-refractivity contribution >= 4 is 27.5 Å². The number of carbonyl (C=O) groups excluding carboxylic acids is 1. The Bertz CT molecular complexity index is 856. The molecule has 0 saturated heterocycles. The summed E-state index contributed by atoms with van der Waals surface area (Å²) in [7, 11) is -3.22. The van der Waals surface area contributed by atoms with Gasteiger partial charge in [0, 0.05) is 18.7 Å². The zero-order valence-electron chi connectivity index (χ0n) is 13.7. The number of aliphatic carboxylic acids is 1. The Morgan fingerprint density at radius 3 is 2.48 bits per heavy atom. The number of sulfone groups is 1. The first kappa shape index (κ1) is 18.7. The number of anilines is 1. The summed E-state index contributed by atoms with van der Waals surface area (Å²) >= 11 is 0. The fourth-order valence-electron chi connectivity index (χ4n) is 2.15. The molecule has 0 aliphatic carbocycles. The van der Waals surface area contributed by atoms with E-state index in [4.69, 9.17) is 5.11 Å². The van der Waals surface area contributed by atoms with E-state index in [1.807, 2.05) is 0 Å². The van der Waals surface area contributed by atoms with Crippen LogP contribution in [0.3, 0.4) is 0 Å². The van der Waals surface area contributed by atoms with Crippen molar-refractivity contribution in [1.82, 2.24) is 9.78 Å². The van der Waals surface area contributed by atoms with Crippen LogP contribution in [0.15, 0.2) is 41.4 Å². The van der Waals surface area contributed by atoms with Crippen molar-refractivity contribution in [3.8, 4) is 0 Å². The Labute approximate surface area is 145 Å². The molecule has 1 aromatic carbocycles. The number of carboxylic acid groups (broad SMARTS) is 1. The van der Waals surface area contributed by atoms with Gasteiger partial charge >= 0.3 is 5.97 Å². The maximum absolute atomic E-state index is 11.9. The van der Waals surface area contributed by atoms with Crippen LogP contribution in [0.25, 0.3) is 0 Å². The molecule has 2 aromatic rings. The van der Waals surface area contributed by atoms with Crippen LogP contribution in [-0.4, -0.2) is 40.9 Å². The molecule has 0 unspecified atom stereocenters. The Hall–Kier alpha value is -2.68. The highest BCUT2D eigenvalue weighted by molar-refractivity contribution is 7.91. The number of aryl methyl sites for hydroxylation is 1. The van der Waals surface area contributed by atoms with E-state index in [1.54, 1.807) is 31.2 Å². The number of amides is 1. The number of nitrogens with zero attached hydrogens (tertiary/aromatic N) is 2. The molecule has 0 fully saturated rings. The van der Waals surface area contributed by atoms with E-state index in [1.165, 1.54) is 16.9 Å². The standard InChI is InChI=1S/C16H19N3O5S/c1-2-25(23,24)13-6-3-12(4-7-13)5-8-15(20)17-14-9-10-19(18-14)11-16(21)22/h3-4,6-7,9-10H,2,5,8,11H2,1H3,(H,21,22)(H,17,18,20). The molecule has 9 heteroatoms. The summed E-state index contributed by atoms with van der Waals surface area (Å²) in [6.07, 6.45) is 2.12. The number of rotatable bonds is 8. The van der Waals surface area contributed by atoms with Gasteiger partial charge < -0.3 is 10.4 Å².